The van der Waals surface area contributed by atoms with Gasteiger partial charge in [-0.15, -0.1) is 0 Å². The van der Waals surface area contributed by atoms with Gasteiger partial charge in [0.25, 0.3) is 10.0 Å². The molecule has 2 unspecified atom stereocenters. The van der Waals surface area contributed by atoms with Gasteiger partial charge >= 0.3 is 12.2 Å². The van der Waals surface area contributed by atoms with E-state index < -0.39 is 36.1 Å². The molecule has 5 N–H and O–H groups in total. The molecule has 1 aliphatic rings. The van der Waals surface area contributed by atoms with Crippen molar-refractivity contribution in [2.24, 2.45) is 0 Å². The monoisotopic (exact) mass is 692 g/mol. The number of unbranched alkanes of at least 4 members (excludes halogenated alkanes) is 2. The van der Waals surface area contributed by atoms with E-state index in [1.165, 1.54) is 6.07 Å². The zero-order chi connectivity index (χ0) is 35.0. The topological polar surface area (TPSA) is 181 Å². The summed E-state index contributed by atoms with van der Waals surface area (Å²) in [5, 5.41) is 17.5. The van der Waals surface area contributed by atoms with Crippen LogP contribution in [0, 0.1) is 0 Å². The molecule has 1 aliphatic carbocycles. The van der Waals surface area contributed by atoms with Crippen molar-refractivity contribution in [2.45, 2.75) is 121 Å². The van der Waals surface area contributed by atoms with E-state index in [1.54, 1.807) is 32.9 Å². The number of carbonyl (C=O) groups is 2. The fourth-order valence-electron chi connectivity index (χ4n) is 4.97. The molecule has 262 valence electrons. The minimum absolute atomic E-state index is 0.131. The number of anilines is 3. The third kappa shape index (κ3) is 11.9. The summed E-state index contributed by atoms with van der Waals surface area (Å²) < 4.78 is 40.2. The van der Waals surface area contributed by atoms with Gasteiger partial charge in [0, 0.05) is 37.3 Å². The summed E-state index contributed by atoms with van der Waals surface area (Å²) in [6, 6.07) is 4.58. The lowest BCUT2D eigenvalue weighted by Gasteiger charge is -2.38. The van der Waals surface area contributed by atoms with Gasteiger partial charge in [-0.3, -0.25) is 0 Å². The molecule has 2 aromatic rings. The maximum absolute atomic E-state index is 13.2. The van der Waals surface area contributed by atoms with Crippen LogP contribution < -0.4 is 20.7 Å². The number of ether oxygens (including phenoxy) is 1. The van der Waals surface area contributed by atoms with Crippen molar-refractivity contribution in [3.05, 3.63) is 36.2 Å². The lowest BCUT2D eigenvalue weighted by Crippen LogP contribution is -2.43. The van der Waals surface area contributed by atoms with Crippen LogP contribution in [0.25, 0.3) is 0 Å². The van der Waals surface area contributed by atoms with Gasteiger partial charge in [-0.05, 0) is 107 Å². The summed E-state index contributed by atoms with van der Waals surface area (Å²) in [5.41, 5.74) is 1.00. The molecule has 1 fully saturated rings. The molecule has 0 saturated heterocycles. The highest BCUT2D eigenvalue weighted by Gasteiger charge is 2.41. The third-order valence-electron chi connectivity index (χ3n) is 8.38. The molecule has 2 atom stereocenters. The molecule has 0 aliphatic heterocycles. The molecule has 2 amide bonds. The highest BCUT2D eigenvalue weighted by molar-refractivity contribution is 7.90. The van der Waals surface area contributed by atoms with Gasteiger partial charge < -0.3 is 30.2 Å². The van der Waals surface area contributed by atoms with Crippen molar-refractivity contribution in [2.75, 3.05) is 23.7 Å². The van der Waals surface area contributed by atoms with E-state index in [9.17, 15) is 18.0 Å². The van der Waals surface area contributed by atoms with Crippen molar-refractivity contribution in [1.29, 1.82) is 0 Å². The predicted molar refractivity (Wildman–Crippen MR) is 185 cm³/mol. The van der Waals surface area contributed by atoms with Crippen molar-refractivity contribution in [1.82, 2.24) is 20.0 Å². The van der Waals surface area contributed by atoms with E-state index >= 15 is 0 Å². The molecule has 0 radical (unpaired) electrons. The number of hydrogen-bond acceptors (Lipinski definition) is 10. The van der Waals surface area contributed by atoms with E-state index in [0.717, 1.165) is 24.8 Å². The number of hydrogen-bond donors (Lipinski definition) is 5. The second kappa shape index (κ2) is 15.6. The first kappa shape index (κ1) is 38.0. The zero-order valence-corrected chi connectivity index (χ0v) is 30.7. The molecule has 0 spiro atoms. The Morgan fingerprint density at radius 1 is 1.00 bits per heavy atom. The van der Waals surface area contributed by atoms with Gasteiger partial charge in [-0.1, -0.05) is 20.8 Å². The summed E-state index contributed by atoms with van der Waals surface area (Å²) >= 11 is 0. The number of rotatable bonds is 14. The number of benzene rings is 1. The first-order valence-corrected chi connectivity index (χ1v) is 20.5. The standard InChI is InChI=1S/C32H52N6O7SSi/c1-31(2,3)44-30(41)38-46(42,43)27-15-13-24(19-26(27)33-16-10-9-11-17-34-29(39)40)37-28-35-20-23(21-36-28)22-12-14-25(18-22)45-47(7,8)32(4,5)6/h13,15,19-22,25,33-34H,9-12,14,16-18H2,1-8H3,(H,38,41)(H,39,40)(H,35,36,37). The minimum atomic E-state index is -4.28. The fraction of sp³-hybridized carbons (Fsp3) is 0.625. The van der Waals surface area contributed by atoms with Crippen molar-refractivity contribution in [3.63, 3.8) is 0 Å². The van der Waals surface area contributed by atoms with Gasteiger partial charge in [0.05, 0.1) is 5.69 Å². The second-order valence-corrected chi connectivity index (χ2v) is 20.9. The van der Waals surface area contributed by atoms with Gasteiger partial charge in [-0.25, -0.2) is 32.7 Å². The van der Waals surface area contributed by atoms with Crippen LogP contribution in [0.15, 0.2) is 35.5 Å². The number of nitrogens with zero attached hydrogens (tertiary/aromatic N) is 2. The van der Waals surface area contributed by atoms with Crippen LogP contribution in [0.2, 0.25) is 18.1 Å². The minimum Gasteiger partial charge on any atom is -0.465 e. The van der Waals surface area contributed by atoms with E-state index in [1.807, 2.05) is 17.1 Å². The molecule has 1 aromatic heterocycles. The summed E-state index contributed by atoms with van der Waals surface area (Å²) in [6.45, 7) is 17.0. The molecule has 1 saturated carbocycles. The van der Waals surface area contributed by atoms with Crippen LogP contribution in [-0.4, -0.2) is 68.8 Å². The van der Waals surface area contributed by atoms with E-state index in [0.29, 0.717) is 49.9 Å². The summed E-state index contributed by atoms with van der Waals surface area (Å²) in [4.78, 5) is 31.9. The molecule has 15 heteroatoms. The first-order chi connectivity index (χ1) is 21.8. The highest BCUT2D eigenvalue weighted by atomic mass is 32.2. The van der Waals surface area contributed by atoms with Crippen LogP contribution >= 0.6 is 0 Å². The maximum Gasteiger partial charge on any atom is 0.421 e. The van der Waals surface area contributed by atoms with Gasteiger partial charge in [0.2, 0.25) is 5.95 Å². The van der Waals surface area contributed by atoms with Gasteiger partial charge in [0.15, 0.2) is 8.32 Å². The van der Waals surface area contributed by atoms with E-state index in [4.69, 9.17) is 14.3 Å². The Bertz CT molecular complexity index is 1470. The maximum atomic E-state index is 13.2. The molecular weight excluding hydrogens is 641 g/mol. The van der Waals surface area contributed by atoms with Crippen molar-refractivity contribution >= 4 is 47.9 Å². The lowest BCUT2D eigenvalue weighted by molar-refractivity contribution is 0.0570. The van der Waals surface area contributed by atoms with Gasteiger partial charge in [0.1, 0.15) is 10.5 Å². The smallest absolute Gasteiger partial charge is 0.421 e. The largest absolute Gasteiger partial charge is 0.465 e. The van der Waals surface area contributed by atoms with Crippen LogP contribution in [0.4, 0.5) is 26.9 Å². The van der Waals surface area contributed by atoms with E-state index in [-0.39, 0.29) is 21.7 Å². The van der Waals surface area contributed by atoms with Crippen molar-refractivity contribution < 1.29 is 32.3 Å². The lowest BCUT2D eigenvalue weighted by atomic mass is 10.0. The Balaban J connectivity index is 1.70. The van der Waals surface area contributed by atoms with Gasteiger partial charge in [-0.2, -0.15) is 0 Å². The Kier molecular flexibility index (Phi) is 12.7. The highest BCUT2D eigenvalue weighted by Crippen LogP contribution is 2.42. The summed E-state index contributed by atoms with van der Waals surface area (Å²) in [7, 11) is -6.13. The Morgan fingerprint density at radius 2 is 1.66 bits per heavy atom. The molecule has 13 nitrogen and oxygen atoms in total. The first-order valence-electron chi connectivity index (χ1n) is 16.1. The predicted octanol–water partition coefficient (Wildman–Crippen LogP) is 6.94. The summed E-state index contributed by atoms with van der Waals surface area (Å²) in [6.07, 6.45) is 6.75. The summed E-state index contributed by atoms with van der Waals surface area (Å²) in [5.74, 6) is 0.691. The average Bonchev–Trinajstić information content (AvgIpc) is 3.38. The number of amides is 2. The fourth-order valence-corrected chi connectivity index (χ4v) is 7.41. The van der Waals surface area contributed by atoms with E-state index in [2.05, 4.69) is 59.8 Å². The van der Waals surface area contributed by atoms with Crippen LogP contribution in [0.1, 0.15) is 91.5 Å². The number of nitrogens with one attached hydrogen (secondary N) is 4. The molecule has 0 bridgehead atoms. The SMILES string of the molecule is CC(C)(C)OC(=O)NS(=O)(=O)c1ccc(Nc2ncc(C3CCC(O[Si](C)(C)C(C)(C)C)C3)cn2)cc1NCCCCCNC(=O)O. The number of carbonyl (C=O) groups excluding carboxylic acids is 1. The Morgan fingerprint density at radius 3 is 2.28 bits per heavy atom. The Labute approximate surface area is 280 Å². The quantitative estimate of drug-likeness (QED) is 0.102. The molecule has 47 heavy (non-hydrogen) atoms. The molecule has 1 aromatic carbocycles. The third-order valence-corrected chi connectivity index (χ3v) is 14.3. The molecular formula is C32H52N6O7SSi. The molecule has 1 heterocycles. The van der Waals surface area contributed by atoms with Crippen LogP contribution in [0.5, 0.6) is 0 Å². The van der Waals surface area contributed by atoms with Crippen LogP contribution in [0.3, 0.4) is 0 Å². The number of aromatic nitrogens is 2. The normalized spacial score (nSPS) is 17.2. The molecule has 3 rings (SSSR count). The number of carboxylic acid groups (broad SMARTS) is 1. The van der Waals surface area contributed by atoms with Crippen molar-refractivity contribution in [3.8, 4) is 0 Å². The average molecular weight is 693 g/mol. The van der Waals surface area contributed by atoms with Crippen LogP contribution in [-0.2, 0) is 19.2 Å². The number of sulfonamides is 1. The zero-order valence-electron chi connectivity index (χ0n) is 28.9. The second-order valence-electron chi connectivity index (χ2n) is 14.5. The Hall–Kier alpha value is -3.43.